The van der Waals surface area contributed by atoms with E-state index >= 15 is 0 Å². The predicted molar refractivity (Wildman–Crippen MR) is 112 cm³/mol. The number of hydrogen-bond donors (Lipinski definition) is 3. The van der Waals surface area contributed by atoms with Gasteiger partial charge in [0.05, 0.1) is 5.69 Å². The number of nitrogens with zero attached hydrogens (tertiary/aromatic N) is 2. The molecule has 1 saturated carbocycles. The van der Waals surface area contributed by atoms with Gasteiger partial charge in [0.15, 0.2) is 5.96 Å². The van der Waals surface area contributed by atoms with E-state index in [9.17, 15) is 13.6 Å². The highest BCUT2D eigenvalue weighted by Crippen LogP contribution is 2.43. The first-order valence-corrected chi connectivity index (χ1v) is 9.47. The Kier molecular flexibility index (Phi) is 6.25. The molecule has 6 nitrogen and oxygen atoms in total. The van der Waals surface area contributed by atoms with Gasteiger partial charge in [-0.3, -0.25) is 9.78 Å². The second kappa shape index (κ2) is 8.86. The molecule has 0 aliphatic heterocycles. The van der Waals surface area contributed by atoms with E-state index in [-0.39, 0.29) is 22.9 Å². The third kappa shape index (κ3) is 4.37. The number of aromatic nitrogens is 1. The molecule has 0 bridgehead atoms. The van der Waals surface area contributed by atoms with E-state index in [1.807, 2.05) is 0 Å². The van der Waals surface area contributed by atoms with Gasteiger partial charge in [0, 0.05) is 41.1 Å². The van der Waals surface area contributed by atoms with Gasteiger partial charge < -0.3 is 16.8 Å². The number of guanidine groups is 1. The van der Waals surface area contributed by atoms with Crippen LogP contribution in [0.4, 0.5) is 8.78 Å². The summed E-state index contributed by atoms with van der Waals surface area (Å²) in [4.78, 5) is 19.7. The highest BCUT2D eigenvalue weighted by atomic mass is 19.1. The maximum Gasteiger partial charge on any atom is 0.248 e. The average molecular weight is 411 g/mol. The fraction of sp³-hybridized carbons (Fsp3) is 0.227. The number of amides is 1. The first-order chi connectivity index (χ1) is 14.4. The van der Waals surface area contributed by atoms with Crippen LogP contribution in [0.3, 0.4) is 0 Å². The topological polar surface area (TPSA) is 106 Å². The first kappa shape index (κ1) is 21.2. The van der Waals surface area contributed by atoms with Crippen molar-refractivity contribution in [3.05, 3.63) is 83.8 Å². The van der Waals surface area contributed by atoms with E-state index in [4.69, 9.17) is 11.5 Å². The van der Waals surface area contributed by atoms with Crippen molar-refractivity contribution < 1.29 is 13.6 Å². The van der Waals surface area contributed by atoms with Crippen LogP contribution in [0.5, 0.6) is 0 Å². The SMILES string of the molecule is C=C/C(=C\N=C(/N)NCC1(c2ncccc2F)CCC1)c1cc(C(N)=O)ccc1F. The number of rotatable bonds is 7. The van der Waals surface area contributed by atoms with Gasteiger partial charge in [-0.2, -0.15) is 0 Å². The molecule has 2 aromatic rings. The molecule has 1 aromatic carbocycles. The summed E-state index contributed by atoms with van der Waals surface area (Å²) in [5.74, 6) is -1.47. The maximum atomic E-state index is 14.2. The van der Waals surface area contributed by atoms with Crippen molar-refractivity contribution in [3.63, 3.8) is 0 Å². The van der Waals surface area contributed by atoms with E-state index in [0.717, 1.165) is 25.3 Å². The molecular weight excluding hydrogens is 388 g/mol. The minimum absolute atomic E-state index is 0.0865. The number of aliphatic imine (C=N–C) groups is 1. The van der Waals surface area contributed by atoms with Crippen molar-refractivity contribution in [2.75, 3.05) is 6.54 Å². The van der Waals surface area contributed by atoms with Crippen molar-refractivity contribution in [3.8, 4) is 0 Å². The lowest BCUT2D eigenvalue weighted by molar-refractivity contribution is 0.1000. The lowest BCUT2D eigenvalue weighted by Crippen LogP contribution is -2.48. The molecule has 0 saturated heterocycles. The minimum Gasteiger partial charge on any atom is -0.370 e. The van der Waals surface area contributed by atoms with Gasteiger partial charge in [0.25, 0.3) is 0 Å². The lowest BCUT2D eigenvalue weighted by Gasteiger charge is -2.41. The van der Waals surface area contributed by atoms with Crippen LogP contribution in [-0.4, -0.2) is 23.4 Å². The van der Waals surface area contributed by atoms with Gasteiger partial charge in [-0.1, -0.05) is 19.1 Å². The Morgan fingerprint density at radius 3 is 2.63 bits per heavy atom. The number of allylic oxidation sites excluding steroid dienone is 2. The molecule has 1 aliphatic rings. The zero-order valence-corrected chi connectivity index (χ0v) is 16.4. The molecule has 1 amide bonds. The molecular formula is C22H23F2N5O. The fourth-order valence-corrected chi connectivity index (χ4v) is 3.45. The average Bonchev–Trinajstić information content (AvgIpc) is 2.69. The third-order valence-corrected chi connectivity index (χ3v) is 5.30. The number of carbonyl (C=O) groups excluding carboxylic acids is 1. The summed E-state index contributed by atoms with van der Waals surface area (Å²) >= 11 is 0. The molecule has 8 heteroatoms. The molecule has 0 radical (unpaired) electrons. The van der Waals surface area contributed by atoms with Crippen LogP contribution in [0.15, 0.2) is 60.4 Å². The van der Waals surface area contributed by atoms with E-state index < -0.39 is 17.1 Å². The Hall–Kier alpha value is -3.55. The molecule has 1 heterocycles. The molecule has 3 rings (SSSR count). The molecule has 1 aromatic heterocycles. The molecule has 5 N–H and O–H groups in total. The predicted octanol–water partition coefficient (Wildman–Crippen LogP) is 3.01. The summed E-state index contributed by atoms with van der Waals surface area (Å²) in [5.41, 5.74) is 11.8. The van der Waals surface area contributed by atoms with Crippen LogP contribution in [0, 0.1) is 11.6 Å². The number of carbonyl (C=O) groups is 1. The van der Waals surface area contributed by atoms with Crippen molar-refractivity contribution in [2.24, 2.45) is 16.5 Å². The molecule has 1 aliphatic carbocycles. The monoisotopic (exact) mass is 411 g/mol. The number of pyridine rings is 1. The van der Waals surface area contributed by atoms with Crippen molar-refractivity contribution in [1.82, 2.24) is 10.3 Å². The van der Waals surface area contributed by atoms with Gasteiger partial charge in [-0.05, 0) is 43.2 Å². The van der Waals surface area contributed by atoms with E-state index in [1.165, 1.54) is 30.5 Å². The van der Waals surface area contributed by atoms with Crippen LogP contribution in [0.25, 0.3) is 5.57 Å². The number of primary amides is 1. The Morgan fingerprint density at radius 1 is 1.27 bits per heavy atom. The zero-order chi connectivity index (χ0) is 21.7. The zero-order valence-electron chi connectivity index (χ0n) is 16.4. The molecule has 1 fully saturated rings. The van der Waals surface area contributed by atoms with Gasteiger partial charge >= 0.3 is 0 Å². The van der Waals surface area contributed by atoms with Crippen LogP contribution < -0.4 is 16.8 Å². The van der Waals surface area contributed by atoms with Gasteiger partial charge in [0.2, 0.25) is 5.91 Å². The molecule has 0 atom stereocenters. The van der Waals surface area contributed by atoms with Crippen molar-refractivity contribution >= 4 is 17.4 Å². The Labute approximate surface area is 173 Å². The van der Waals surface area contributed by atoms with E-state index in [0.29, 0.717) is 17.8 Å². The van der Waals surface area contributed by atoms with Crippen molar-refractivity contribution in [2.45, 2.75) is 24.7 Å². The smallest absolute Gasteiger partial charge is 0.248 e. The quantitative estimate of drug-likeness (QED) is 0.370. The van der Waals surface area contributed by atoms with Crippen LogP contribution in [0.2, 0.25) is 0 Å². The van der Waals surface area contributed by atoms with Crippen LogP contribution >= 0.6 is 0 Å². The van der Waals surface area contributed by atoms with Gasteiger partial charge in [0.1, 0.15) is 11.6 Å². The van der Waals surface area contributed by atoms with Crippen molar-refractivity contribution in [1.29, 1.82) is 0 Å². The number of nitrogens with two attached hydrogens (primary N) is 2. The lowest BCUT2D eigenvalue weighted by atomic mass is 9.66. The second-order valence-corrected chi connectivity index (χ2v) is 7.18. The molecule has 0 unspecified atom stereocenters. The maximum absolute atomic E-state index is 14.2. The summed E-state index contributed by atoms with van der Waals surface area (Å²) in [7, 11) is 0. The minimum atomic E-state index is -0.670. The Morgan fingerprint density at radius 2 is 2.03 bits per heavy atom. The number of hydrogen-bond acceptors (Lipinski definition) is 3. The number of benzene rings is 1. The highest BCUT2D eigenvalue weighted by molar-refractivity contribution is 5.94. The Balaban J connectivity index is 1.77. The summed E-state index contributed by atoms with van der Waals surface area (Å²) in [6, 6.07) is 6.74. The van der Waals surface area contributed by atoms with Gasteiger partial charge in [-0.25, -0.2) is 13.8 Å². The highest BCUT2D eigenvalue weighted by Gasteiger charge is 2.41. The Bertz CT molecular complexity index is 1030. The number of nitrogens with one attached hydrogen (secondary N) is 1. The molecule has 156 valence electrons. The normalized spacial score (nSPS) is 15.9. The molecule has 0 spiro atoms. The summed E-state index contributed by atoms with van der Waals surface area (Å²) in [5, 5.41) is 3.00. The standard InChI is InChI=1S/C22H23F2N5O/c1-2-14(16-11-15(20(25)30)6-7-17(16)23)12-28-21(26)29-13-22(8-4-9-22)19-18(24)5-3-10-27-19/h2-3,5-7,10-12H,1,4,8-9,13H2,(H2,25,30)(H3,26,28,29)/b14-12+. The summed E-state index contributed by atoms with van der Waals surface area (Å²) < 4.78 is 28.4. The number of halogens is 2. The second-order valence-electron chi connectivity index (χ2n) is 7.18. The van der Waals surface area contributed by atoms with Crippen LogP contribution in [-0.2, 0) is 5.41 Å². The fourth-order valence-electron chi connectivity index (χ4n) is 3.45. The van der Waals surface area contributed by atoms with Crippen LogP contribution in [0.1, 0.15) is 40.9 Å². The largest absolute Gasteiger partial charge is 0.370 e. The first-order valence-electron chi connectivity index (χ1n) is 9.47. The van der Waals surface area contributed by atoms with Gasteiger partial charge in [-0.15, -0.1) is 0 Å². The summed E-state index contributed by atoms with van der Waals surface area (Å²) in [6.45, 7) is 4.03. The van der Waals surface area contributed by atoms with E-state index in [2.05, 4.69) is 21.9 Å². The summed E-state index contributed by atoms with van der Waals surface area (Å²) in [6.07, 6.45) is 6.87. The van der Waals surface area contributed by atoms with E-state index in [1.54, 1.807) is 12.3 Å². The third-order valence-electron chi connectivity index (χ3n) is 5.30. The molecule has 30 heavy (non-hydrogen) atoms.